The van der Waals surface area contributed by atoms with Gasteiger partial charge in [0.2, 0.25) is 5.91 Å². The first-order valence-electron chi connectivity index (χ1n) is 12.4. The minimum atomic E-state index is -3.99. The van der Waals surface area contributed by atoms with Crippen molar-refractivity contribution in [3.05, 3.63) is 112 Å². The van der Waals surface area contributed by atoms with Crippen LogP contribution < -0.4 is 15.6 Å². The van der Waals surface area contributed by atoms with Crippen molar-refractivity contribution < 1.29 is 13.2 Å². The van der Waals surface area contributed by atoms with Gasteiger partial charge in [-0.05, 0) is 60.5 Å². The fourth-order valence-electron chi connectivity index (χ4n) is 3.95. The summed E-state index contributed by atoms with van der Waals surface area (Å²) in [6, 6.07) is 25.3. The summed E-state index contributed by atoms with van der Waals surface area (Å²) in [6.45, 7) is 0.479. The molecule has 0 radical (unpaired) electrons. The summed E-state index contributed by atoms with van der Waals surface area (Å²) in [5.74, 6) is -0.148. The number of sulfonamides is 1. The number of carbonyl (C=O) groups is 1. The van der Waals surface area contributed by atoms with Gasteiger partial charge in [0.05, 0.1) is 27.2 Å². The molecule has 10 nitrogen and oxygen atoms in total. The number of carbonyl (C=O) groups excluding carboxylic acids is 1. The van der Waals surface area contributed by atoms with Crippen LogP contribution in [0.3, 0.4) is 0 Å². The maximum atomic E-state index is 13.5. The summed E-state index contributed by atoms with van der Waals surface area (Å²) >= 11 is 6.84. The molecule has 2 aromatic heterocycles. The molecule has 208 valence electrons. The van der Waals surface area contributed by atoms with Gasteiger partial charge in [0.1, 0.15) is 0 Å². The molecule has 13 heteroatoms. The summed E-state index contributed by atoms with van der Waals surface area (Å²) in [6.07, 6.45) is 0.699. The van der Waals surface area contributed by atoms with E-state index in [1.165, 1.54) is 41.0 Å². The lowest BCUT2D eigenvalue weighted by atomic mass is 10.1. The molecule has 0 spiro atoms. The molecular formula is C28H23ClN6O4S2. The average Bonchev–Trinajstić information content (AvgIpc) is 2.98. The average molecular weight is 607 g/mol. The van der Waals surface area contributed by atoms with Crippen LogP contribution in [0.25, 0.3) is 16.6 Å². The largest absolute Gasteiger partial charge is 0.355 e. The highest BCUT2D eigenvalue weighted by Crippen LogP contribution is 2.23. The smallest absolute Gasteiger partial charge is 0.266 e. The van der Waals surface area contributed by atoms with E-state index in [4.69, 9.17) is 11.6 Å². The highest BCUT2D eigenvalue weighted by atomic mass is 35.5. The number of para-hydroxylation sites is 1. The van der Waals surface area contributed by atoms with Crippen LogP contribution in [0.5, 0.6) is 0 Å². The molecule has 1 amide bonds. The number of hydrogen-bond acceptors (Lipinski definition) is 8. The van der Waals surface area contributed by atoms with E-state index < -0.39 is 10.0 Å². The van der Waals surface area contributed by atoms with Gasteiger partial charge >= 0.3 is 0 Å². The molecule has 0 atom stereocenters. The van der Waals surface area contributed by atoms with Crippen molar-refractivity contribution >= 4 is 56.0 Å². The van der Waals surface area contributed by atoms with Crippen molar-refractivity contribution in [1.82, 2.24) is 25.1 Å². The van der Waals surface area contributed by atoms with Crippen molar-refractivity contribution in [1.29, 1.82) is 0 Å². The molecule has 2 heterocycles. The third-order valence-corrected chi connectivity index (χ3v) is 8.44. The number of halogens is 1. The van der Waals surface area contributed by atoms with Crippen LogP contribution in [0.15, 0.2) is 106 Å². The zero-order valence-electron chi connectivity index (χ0n) is 21.4. The van der Waals surface area contributed by atoms with Gasteiger partial charge in [-0.15, -0.1) is 10.2 Å². The van der Waals surface area contributed by atoms with Gasteiger partial charge in [-0.3, -0.25) is 18.9 Å². The Labute approximate surface area is 244 Å². The molecule has 41 heavy (non-hydrogen) atoms. The number of benzene rings is 3. The second-order valence-electron chi connectivity index (χ2n) is 8.77. The Kier molecular flexibility index (Phi) is 8.62. The Bertz CT molecular complexity index is 1850. The Morgan fingerprint density at radius 3 is 2.37 bits per heavy atom. The first kappa shape index (κ1) is 28.3. The van der Waals surface area contributed by atoms with Crippen LogP contribution in [-0.4, -0.2) is 46.4 Å². The van der Waals surface area contributed by atoms with Gasteiger partial charge < -0.3 is 5.32 Å². The second kappa shape index (κ2) is 12.5. The van der Waals surface area contributed by atoms with E-state index in [9.17, 15) is 18.0 Å². The number of rotatable bonds is 10. The summed E-state index contributed by atoms with van der Waals surface area (Å²) in [7, 11) is -3.99. The highest BCUT2D eigenvalue weighted by Gasteiger charge is 2.18. The standard InChI is InChI=1S/C28H23ClN6O4S2/c29-24-14-15-25(33-32-24)34-41(38,39)21-12-10-20(11-13-21)35-27(37)22-8-4-5-9-23(22)31-28(35)40-18-26(36)30-17-16-19-6-2-1-3-7-19/h1-15H,16-18H2,(H,30,36)(H,33,34). The van der Waals surface area contributed by atoms with Crippen LogP contribution in [0.4, 0.5) is 5.82 Å². The lowest BCUT2D eigenvalue weighted by Crippen LogP contribution is -2.28. The molecule has 0 unspecified atom stereocenters. The van der Waals surface area contributed by atoms with Gasteiger partial charge in [0.25, 0.3) is 15.6 Å². The van der Waals surface area contributed by atoms with Gasteiger partial charge in [-0.2, -0.15) is 0 Å². The molecule has 0 aliphatic rings. The minimum absolute atomic E-state index is 0.00848. The van der Waals surface area contributed by atoms with E-state index in [2.05, 4.69) is 25.2 Å². The lowest BCUT2D eigenvalue weighted by Gasteiger charge is -2.14. The quantitative estimate of drug-likeness (QED) is 0.179. The van der Waals surface area contributed by atoms with Gasteiger partial charge in [0.15, 0.2) is 16.1 Å². The van der Waals surface area contributed by atoms with Crippen molar-refractivity contribution in [2.24, 2.45) is 0 Å². The van der Waals surface area contributed by atoms with E-state index in [0.29, 0.717) is 34.7 Å². The monoisotopic (exact) mass is 606 g/mol. The number of fused-ring (bicyclic) bond motifs is 1. The number of nitrogens with zero attached hydrogens (tertiary/aromatic N) is 4. The van der Waals surface area contributed by atoms with Crippen molar-refractivity contribution in [2.45, 2.75) is 16.5 Å². The van der Waals surface area contributed by atoms with Crippen molar-refractivity contribution in [3.63, 3.8) is 0 Å². The van der Waals surface area contributed by atoms with Crippen LogP contribution >= 0.6 is 23.4 Å². The number of thioether (sulfide) groups is 1. The van der Waals surface area contributed by atoms with E-state index in [0.717, 1.165) is 17.3 Å². The molecular weight excluding hydrogens is 584 g/mol. The summed E-state index contributed by atoms with van der Waals surface area (Å²) in [4.78, 5) is 30.7. The zero-order valence-corrected chi connectivity index (χ0v) is 23.8. The minimum Gasteiger partial charge on any atom is -0.355 e. The lowest BCUT2D eigenvalue weighted by molar-refractivity contribution is -0.118. The molecule has 0 bridgehead atoms. The first-order valence-corrected chi connectivity index (χ1v) is 15.2. The van der Waals surface area contributed by atoms with Crippen LogP contribution in [0.1, 0.15) is 5.56 Å². The predicted octanol–water partition coefficient (Wildman–Crippen LogP) is 4.08. The highest BCUT2D eigenvalue weighted by molar-refractivity contribution is 7.99. The number of anilines is 1. The SMILES string of the molecule is O=C(CSc1nc2ccccc2c(=O)n1-c1ccc(S(=O)(=O)Nc2ccc(Cl)nn2)cc1)NCCc1ccccc1. The third-order valence-electron chi connectivity index (χ3n) is 5.93. The van der Waals surface area contributed by atoms with Crippen molar-refractivity contribution in [2.75, 3.05) is 17.0 Å². The predicted molar refractivity (Wildman–Crippen MR) is 159 cm³/mol. The van der Waals surface area contributed by atoms with E-state index >= 15 is 0 Å². The molecule has 5 aromatic rings. The number of hydrogen-bond donors (Lipinski definition) is 2. The Balaban J connectivity index is 1.37. The number of amides is 1. The fraction of sp³-hybridized carbons (Fsp3) is 0.107. The molecule has 0 aliphatic heterocycles. The maximum Gasteiger partial charge on any atom is 0.266 e. The Morgan fingerprint density at radius 1 is 0.902 bits per heavy atom. The van der Waals surface area contributed by atoms with E-state index in [-0.39, 0.29) is 33.1 Å². The summed E-state index contributed by atoms with van der Waals surface area (Å²) < 4.78 is 29.4. The molecule has 0 saturated heterocycles. The molecule has 3 aromatic carbocycles. The van der Waals surface area contributed by atoms with Gasteiger partial charge in [0, 0.05) is 6.54 Å². The Morgan fingerprint density at radius 2 is 1.63 bits per heavy atom. The van der Waals surface area contributed by atoms with E-state index in [1.807, 2.05) is 30.3 Å². The topological polar surface area (TPSA) is 136 Å². The normalized spacial score (nSPS) is 11.3. The Hall–Kier alpha value is -4.26. The third kappa shape index (κ3) is 6.91. The van der Waals surface area contributed by atoms with E-state index in [1.54, 1.807) is 24.3 Å². The second-order valence-corrected chi connectivity index (χ2v) is 11.8. The van der Waals surface area contributed by atoms with Crippen LogP contribution in [0, 0.1) is 0 Å². The molecule has 0 aliphatic carbocycles. The molecule has 5 rings (SSSR count). The first-order chi connectivity index (χ1) is 19.8. The zero-order chi connectivity index (χ0) is 28.8. The number of aromatic nitrogens is 4. The summed E-state index contributed by atoms with van der Waals surface area (Å²) in [5, 5.41) is 11.1. The van der Waals surface area contributed by atoms with Crippen molar-refractivity contribution in [3.8, 4) is 5.69 Å². The number of nitrogens with one attached hydrogen (secondary N) is 2. The summed E-state index contributed by atoms with van der Waals surface area (Å²) in [5.41, 5.74) is 1.67. The van der Waals surface area contributed by atoms with Crippen LogP contribution in [0.2, 0.25) is 5.15 Å². The van der Waals surface area contributed by atoms with Gasteiger partial charge in [-0.1, -0.05) is 65.8 Å². The van der Waals surface area contributed by atoms with Crippen LogP contribution in [-0.2, 0) is 21.2 Å². The molecule has 0 saturated carbocycles. The maximum absolute atomic E-state index is 13.5. The molecule has 0 fully saturated rings. The fourth-order valence-corrected chi connectivity index (χ4v) is 5.89. The van der Waals surface area contributed by atoms with Gasteiger partial charge in [-0.25, -0.2) is 13.4 Å². The molecule has 2 N–H and O–H groups in total.